The molecule has 0 aliphatic carbocycles. The molecule has 10 heavy (non-hydrogen) atoms. The van der Waals surface area contributed by atoms with Crippen molar-refractivity contribution in [2.24, 2.45) is 0 Å². The molecule has 0 amide bonds. The van der Waals surface area contributed by atoms with Crippen LogP contribution in [0.3, 0.4) is 0 Å². The Morgan fingerprint density at radius 1 is 1.00 bits per heavy atom. The molecule has 0 saturated heterocycles. The van der Waals surface area contributed by atoms with Crippen LogP contribution >= 0.6 is 9.90 Å². The average molecular weight is 151 g/mol. The van der Waals surface area contributed by atoms with Crippen LogP contribution in [0.4, 0.5) is 0 Å². The SMILES string of the molecule is CC(C)c1ccccc1.[P]. The lowest BCUT2D eigenvalue weighted by Gasteiger charge is -2.01. The zero-order valence-electron chi connectivity index (χ0n) is 6.41. The molecule has 0 aliphatic heterocycles. The molecule has 53 valence electrons. The van der Waals surface area contributed by atoms with Crippen molar-refractivity contribution < 1.29 is 0 Å². The molecule has 0 fully saturated rings. The first-order valence-corrected chi connectivity index (χ1v) is 3.35. The van der Waals surface area contributed by atoms with E-state index in [-0.39, 0.29) is 9.90 Å². The van der Waals surface area contributed by atoms with Gasteiger partial charge < -0.3 is 0 Å². The third kappa shape index (κ3) is 2.49. The molecule has 0 spiro atoms. The summed E-state index contributed by atoms with van der Waals surface area (Å²) >= 11 is 0. The van der Waals surface area contributed by atoms with Crippen LogP contribution in [-0.4, -0.2) is 0 Å². The zero-order valence-corrected chi connectivity index (χ0v) is 7.31. The Bertz CT molecular complexity index is 167. The summed E-state index contributed by atoms with van der Waals surface area (Å²) < 4.78 is 0. The van der Waals surface area contributed by atoms with Crippen molar-refractivity contribution >= 4 is 9.90 Å². The Morgan fingerprint density at radius 3 is 1.80 bits per heavy atom. The minimum atomic E-state index is 0. The van der Waals surface area contributed by atoms with Gasteiger partial charge in [0.05, 0.1) is 0 Å². The van der Waals surface area contributed by atoms with E-state index in [0.717, 1.165) is 0 Å². The molecule has 1 aromatic rings. The first-order chi connectivity index (χ1) is 4.30. The fraction of sp³-hybridized carbons (Fsp3) is 0.333. The zero-order chi connectivity index (χ0) is 6.69. The topological polar surface area (TPSA) is 0 Å². The molecule has 0 aromatic heterocycles. The first-order valence-electron chi connectivity index (χ1n) is 3.35. The van der Waals surface area contributed by atoms with Crippen molar-refractivity contribution in [1.29, 1.82) is 0 Å². The average Bonchev–Trinajstić information content (AvgIpc) is 1.90. The second kappa shape index (κ2) is 4.46. The summed E-state index contributed by atoms with van der Waals surface area (Å²) in [6.45, 7) is 4.41. The minimum absolute atomic E-state index is 0. The maximum Gasteiger partial charge on any atom is 0 e. The summed E-state index contributed by atoms with van der Waals surface area (Å²) in [6, 6.07) is 10.5. The maximum absolute atomic E-state index is 2.20. The first kappa shape index (κ1) is 9.65. The summed E-state index contributed by atoms with van der Waals surface area (Å²) in [5, 5.41) is 0. The molecule has 0 saturated carbocycles. The van der Waals surface area contributed by atoms with Crippen molar-refractivity contribution in [2.75, 3.05) is 0 Å². The molecule has 3 radical (unpaired) electrons. The normalized spacial score (nSPS) is 9.10. The van der Waals surface area contributed by atoms with Gasteiger partial charge in [0.2, 0.25) is 0 Å². The predicted molar refractivity (Wildman–Crippen MR) is 47.5 cm³/mol. The number of benzene rings is 1. The summed E-state index contributed by atoms with van der Waals surface area (Å²) in [5.74, 6) is 0.659. The summed E-state index contributed by atoms with van der Waals surface area (Å²) in [6.07, 6.45) is 0. The molecule has 0 aliphatic rings. The molecule has 0 unspecified atom stereocenters. The third-order valence-corrected chi connectivity index (χ3v) is 1.47. The molecule has 1 rings (SSSR count). The molecule has 0 heterocycles. The van der Waals surface area contributed by atoms with Gasteiger partial charge >= 0.3 is 0 Å². The van der Waals surface area contributed by atoms with Gasteiger partial charge in [-0.2, -0.15) is 0 Å². The van der Waals surface area contributed by atoms with Crippen molar-refractivity contribution in [3.8, 4) is 0 Å². The standard InChI is InChI=1S/C9H12.P/c1-8(2)9-6-4-3-5-7-9;/h3-8H,1-2H3;. The fourth-order valence-electron chi connectivity index (χ4n) is 0.838. The van der Waals surface area contributed by atoms with Crippen LogP contribution in [-0.2, 0) is 0 Å². The van der Waals surface area contributed by atoms with E-state index in [1.54, 1.807) is 0 Å². The Balaban J connectivity index is 0.000000810. The number of hydrogen-bond donors (Lipinski definition) is 0. The Morgan fingerprint density at radius 2 is 1.50 bits per heavy atom. The largest absolute Gasteiger partial charge is 0.0622 e. The van der Waals surface area contributed by atoms with Gasteiger partial charge in [0, 0.05) is 9.90 Å². The van der Waals surface area contributed by atoms with Gasteiger partial charge in [-0.1, -0.05) is 44.2 Å². The van der Waals surface area contributed by atoms with Gasteiger partial charge in [-0.25, -0.2) is 0 Å². The quantitative estimate of drug-likeness (QED) is 0.537. The van der Waals surface area contributed by atoms with E-state index in [1.165, 1.54) is 5.56 Å². The van der Waals surface area contributed by atoms with E-state index in [0.29, 0.717) is 5.92 Å². The van der Waals surface area contributed by atoms with Gasteiger partial charge in [-0.15, -0.1) is 0 Å². The van der Waals surface area contributed by atoms with Crippen LogP contribution < -0.4 is 0 Å². The third-order valence-electron chi connectivity index (χ3n) is 1.47. The van der Waals surface area contributed by atoms with Crippen LogP contribution in [0.25, 0.3) is 0 Å². The maximum atomic E-state index is 2.20. The van der Waals surface area contributed by atoms with Crippen molar-refractivity contribution in [3.05, 3.63) is 35.9 Å². The second-order valence-electron chi connectivity index (χ2n) is 2.57. The Hall–Kier alpha value is -0.350. The lowest BCUT2D eigenvalue weighted by Crippen LogP contribution is -1.83. The fourth-order valence-corrected chi connectivity index (χ4v) is 0.838. The highest BCUT2D eigenvalue weighted by molar-refractivity contribution is 6.92. The number of hydrogen-bond acceptors (Lipinski definition) is 0. The minimum Gasteiger partial charge on any atom is -0.0622 e. The van der Waals surface area contributed by atoms with E-state index in [9.17, 15) is 0 Å². The highest BCUT2D eigenvalue weighted by Crippen LogP contribution is 2.11. The highest BCUT2D eigenvalue weighted by Gasteiger charge is 1.93. The van der Waals surface area contributed by atoms with Crippen LogP contribution in [0, 0.1) is 0 Å². The van der Waals surface area contributed by atoms with E-state index in [1.807, 2.05) is 6.07 Å². The van der Waals surface area contributed by atoms with Crippen molar-refractivity contribution in [1.82, 2.24) is 0 Å². The van der Waals surface area contributed by atoms with Gasteiger partial charge in [0.25, 0.3) is 0 Å². The molecule has 0 nitrogen and oxygen atoms in total. The lowest BCUT2D eigenvalue weighted by molar-refractivity contribution is 0.867. The molecular weight excluding hydrogens is 139 g/mol. The lowest BCUT2D eigenvalue weighted by atomic mass is 10.0. The van der Waals surface area contributed by atoms with E-state index < -0.39 is 0 Å². The summed E-state index contributed by atoms with van der Waals surface area (Å²) in [5.41, 5.74) is 1.41. The van der Waals surface area contributed by atoms with Gasteiger partial charge in [-0.3, -0.25) is 0 Å². The van der Waals surface area contributed by atoms with Crippen LogP contribution in [0.5, 0.6) is 0 Å². The molecule has 0 atom stereocenters. The smallest absolute Gasteiger partial charge is 0 e. The number of rotatable bonds is 1. The van der Waals surface area contributed by atoms with Crippen LogP contribution in [0.15, 0.2) is 30.3 Å². The monoisotopic (exact) mass is 151 g/mol. The summed E-state index contributed by atoms with van der Waals surface area (Å²) in [7, 11) is 0. The van der Waals surface area contributed by atoms with Crippen molar-refractivity contribution in [3.63, 3.8) is 0 Å². The summed E-state index contributed by atoms with van der Waals surface area (Å²) in [4.78, 5) is 0. The molecule has 0 N–H and O–H groups in total. The van der Waals surface area contributed by atoms with Gasteiger partial charge in [0.1, 0.15) is 0 Å². The predicted octanol–water partition coefficient (Wildman–Crippen LogP) is 3.67. The van der Waals surface area contributed by atoms with Gasteiger partial charge in [0.15, 0.2) is 0 Å². The van der Waals surface area contributed by atoms with Gasteiger partial charge in [-0.05, 0) is 11.5 Å². The van der Waals surface area contributed by atoms with E-state index in [4.69, 9.17) is 0 Å². The Labute approximate surface area is 66.3 Å². The molecular formula is C9H12P. The molecule has 1 heteroatoms. The highest BCUT2D eigenvalue weighted by atomic mass is 31.0. The van der Waals surface area contributed by atoms with Crippen molar-refractivity contribution in [2.45, 2.75) is 19.8 Å². The van der Waals surface area contributed by atoms with E-state index >= 15 is 0 Å². The van der Waals surface area contributed by atoms with Crippen LogP contribution in [0.2, 0.25) is 0 Å². The second-order valence-corrected chi connectivity index (χ2v) is 2.57. The molecule has 0 bridgehead atoms. The van der Waals surface area contributed by atoms with E-state index in [2.05, 4.69) is 38.1 Å². The molecule has 1 aromatic carbocycles. The van der Waals surface area contributed by atoms with Crippen LogP contribution in [0.1, 0.15) is 25.3 Å². The Kier molecular flexibility index (Phi) is 4.31.